The standard InChI is InChI=1S/C24H26N2O5/c1-15(18-9-5-4-6-10-18)26-14-19(13-22(26)28)24(30)31-17(3)23(29)25-21-12-8-7-11-20(21)16(2)27/h4-12,15,17,19H,13-14H2,1-3H3,(H,25,29)/t15-,17+,19-/m1/s1. The Bertz CT molecular complexity index is 988. The Morgan fingerprint density at radius 3 is 2.35 bits per heavy atom. The third-order valence-corrected chi connectivity index (χ3v) is 5.47. The molecule has 2 aromatic carbocycles. The summed E-state index contributed by atoms with van der Waals surface area (Å²) in [5.41, 5.74) is 1.73. The Hall–Kier alpha value is -3.48. The van der Waals surface area contributed by atoms with Gasteiger partial charge in [0.25, 0.3) is 5.91 Å². The average molecular weight is 422 g/mol. The van der Waals surface area contributed by atoms with E-state index in [4.69, 9.17) is 4.74 Å². The summed E-state index contributed by atoms with van der Waals surface area (Å²) in [7, 11) is 0. The minimum Gasteiger partial charge on any atom is -0.452 e. The molecule has 0 aliphatic carbocycles. The summed E-state index contributed by atoms with van der Waals surface area (Å²) in [6, 6.07) is 16.1. The molecule has 7 heteroatoms. The number of para-hydroxylation sites is 1. The topological polar surface area (TPSA) is 92.8 Å². The van der Waals surface area contributed by atoms with Crippen LogP contribution in [0.1, 0.15) is 49.2 Å². The number of amides is 2. The molecule has 0 bridgehead atoms. The molecule has 162 valence electrons. The van der Waals surface area contributed by atoms with Crippen LogP contribution in [0.5, 0.6) is 0 Å². The lowest BCUT2D eigenvalue weighted by molar-refractivity contribution is -0.157. The van der Waals surface area contributed by atoms with E-state index in [1.54, 1.807) is 29.2 Å². The number of ketones is 1. The first-order chi connectivity index (χ1) is 14.8. The van der Waals surface area contributed by atoms with E-state index in [0.717, 1.165) is 5.56 Å². The van der Waals surface area contributed by atoms with Crippen LogP contribution < -0.4 is 5.32 Å². The van der Waals surface area contributed by atoms with Crippen molar-refractivity contribution in [2.75, 3.05) is 11.9 Å². The van der Waals surface area contributed by atoms with Gasteiger partial charge in [-0.15, -0.1) is 0 Å². The molecular formula is C24H26N2O5. The normalized spacial score (nSPS) is 17.7. The molecule has 1 fully saturated rings. The molecular weight excluding hydrogens is 396 g/mol. The van der Waals surface area contributed by atoms with E-state index in [1.165, 1.54) is 13.8 Å². The van der Waals surface area contributed by atoms with Gasteiger partial charge in [0.2, 0.25) is 5.91 Å². The number of hydrogen-bond donors (Lipinski definition) is 1. The summed E-state index contributed by atoms with van der Waals surface area (Å²) in [6.45, 7) is 5.04. The van der Waals surface area contributed by atoms with Gasteiger partial charge in [0.1, 0.15) is 0 Å². The fourth-order valence-electron chi connectivity index (χ4n) is 3.63. The number of rotatable bonds is 7. The number of carbonyl (C=O) groups is 4. The van der Waals surface area contributed by atoms with Gasteiger partial charge < -0.3 is 15.0 Å². The highest BCUT2D eigenvalue weighted by molar-refractivity contribution is 6.04. The molecule has 1 aliphatic rings. The van der Waals surface area contributed by atoms with Gasteiger partial charge in [-0.2, -0.15) is 0 Å². The zero-order valence-electron chi connectivity index (χ0n) is 17.8. The number of anilines is 1. The van der Waals surface area contributed by atoms with Crippen molar-refractivity contribution in [1.29, 1.82) is 0 Å². The minimum absolute atomic E-state index is 0.0531. The van der Waals surface area contributed by atoms with Crippen molar-refractivity contribution in [2.45, 2.75) is 39.3 Å². The van der Waals surface area contributed by atoms with Crippen LogP contribution in [0, 0.1) is 5.92 Å². The molecule has 0 saturated carbocycles. The van der Waals surface area contributed by atoms with E-state index in [0.29, 0.717) is 11.3 Å². The molecule has 0 unspecified atom stereocenters. The Morgan fingerprint density at radius 2 is 1.68 bits per heavy atom. The summed E-state index contributed by atoms with van der Waals surface area (Å²) < 4.78 is 5.34. The lowest BCUT2D eigenvalue weighted by atomic mass is 10.1. The van der Waals surface area contributed by atoms with Crippen molar-refractivity contribution in [1.82, 2.24) is 4.90 Å². The largest absolute Gasteiger partial charge is 0.452 e. The van der Waals surface area contributed by atoms with E-state index >= 15 is 0 Å². The number of nitrogens with zero attached hydrogens (tertiary/aromatic N) is 1. The summed E-state index contributed by atoms with van der Waals surface area (Å²) in [4.78, 5) is 50.9. The van der Waals surface area contributed by atoms with Gasteiger partial charge >= 0.3 is 5.97 Å². The molecule has 7 nitrogen and oxygen atoms in total. The van der Waals surface area contributed by atoms with Crippen LogP contribution in [0.15, 0.2) is 54.6 Å². The predicted molar refractivity (Wildman–Crippen MR) is 115 cm³/mol. The number of benzene rings is 2. The molecule has 0 spiro atoms. The predicted octanol–water partition coefficient (Wildman–Crippen LogP) is 3.37. The van der Waals surface area contributed by atoms with Gasteiger partial charge in [0.15, 0.2) is 11.9 Å². The maximum Gasteiger partial charge on any atom is 0.312 e. The summed E-state index contributed by atoms with van der Waals surface area (Å²) >= 11 is 0. The maximum atomic E-state index is 12.6. The number of esters is 1. The van der Waals surface area contributed by atoms with E-state index in [1.807, 2.05) is 37.3 Å². The molecule has 1 heterocycles. The summed E-state index contributed by atoms with van der Waals surface area (Å²) in [5, 5.41) is 2.63. The summed E-state index contributed by atoms with van der Waals surface area (Å²) in [5.74, 6) is -2.05. The second-order valence-corrected chi connectivity index (χ2v) is 7.70. The van der Waals surface area contributed by atoms with E-state index in [9.17, 15) is 19.2 Å². The third-order valence-electron chi connectivity index (χ3n) is 5.47. The first-order valence-corrected chi connectivity index (χ1v) is 10.2. The van der Waals surface area contributed by atoms with E-state index < -0.39 is 23.9 Å². The Morgan fingerprint density at radius 1 is 1.03 bits per heavy atom. The number of carbonyl (C=O) groups excluding carboxylic acids is 4. The summed E-state index contributed by atoms with van der Waals surface area (Å²) in [6.07, 6.45) is -1.01. The second-order valence-electron chi connectivity index (χ2n) is 7.70. The fourth-order valence-corrected chi connectivity index (χ4v) is 3.63. The smallest absolute Gasteiger partial charge is 0.312 e. The van der Waals surface area contributed by atoms with Crippen molar-refractivity contribution in [2.24, 2.45) is 5.92 Å². The van der Waals surface area contributed by atoms with Gasteiger partial charge in [0.05, 0.1) is 17.6 Å². The lowest BCUT2D eigenvalue weighted by Crippen LogP contribution is -2.34. The Kier molecular flexibility index (Phi) is 6.84. The molecule has 1 saturated heterocycles. The number of likely N-dealkylation sites (tertiary alicyclic amines) is 1. The van der Waals surface area contributed by atoms with Crippen LogP contribution in [0.25, 0.3) is 0 Å². The Balaban J connectivity index is 1.59. The SMILES string of the molecule is CC(=O)c1ccccc1NC(=O)[C@H](C)OC(=O)[C@@H]1CC(=O)N([C@H](C)c2ccccc2)C1. The van der Waals surface area contributed by atoms with Gasteiger partial charge in [-0.25, -0.2) is 0 Å². The first kappa shape index (κ1) is 22.2. The van der Waals surface area contributed by atoms with Crippen LogP contribution >= 0.6 is 0 Å². The van der Waals surface area contributed by atoms with Crippen molar-refractivity contribution in [3.05, 3.63) is 65.7 Å². The highest BCUT2D eigenvalue weighted by Crippen LogP contribution is 2.29. The average Bonchev–Trinajstić information content (AvgIpc) is 3.15. The van der Waals surface area contributed by atoms with Gasteiger partial charge in [-0.1, -0.05) is 42.5 Å². The van der Waals surface area contributed by atoms with Crippen LogP contribution in [-0.4, -0.2) is 41.1 Å². The van der Waals surface area contributed by atoms with Crippen molar-refractivity contribution in [3.63, 3.8) is 0 Å². The lowest BCUT2D eigenvalue weighted by Gasteiger charge is -2.25. The van der Waals surface area contributed by atoms with E-state index in [2.05, 4.69) is 5.32 Å². The number of nitrogens with one attached hydrogen (secondary N) is 1. The molecule has 3 rings (SSSR count). The number of Topliss-reactive ketones (excluding diaryl/α,β-unsaturated/α-hetero) is 1. The zero-order valence-corrected chi connectivity index (χ0v) is 17.8. The van der Waals surface area contributed by atoms with Crippen LogP contribution in [0.3, 0.4) is 0 Å². The fraction of sp³-hybridized carbons (Fsp3) is 0.333. The molecule has 0 aromatic heterocycles. The van der Waals surface area contributed by atoms with Crippen LogP contribution in [0.2, 0.25) is 0 Å². The van der Waals surface area contributed by atoms with Crippen molar-refractivity contribution >= 4 is 29.3 Å². The molecule has 1 N–H and O–H groups in total. The molecule has 2 amide bonds. The monoisotopic (exact) mass is 422 g/mol. The first-order valence-electron chi connectivity index (χ1n) is 10.2. The third kappa shape index (κ3) is 5.17. The minimum atomic E-state index is -1.07. The van der Waals surface area contributed by atoms with E-state index in [-0.39, 0.29) is 30.7 Å². The second kappa shape index (κ2) is 9.55. The zero-order chi connectivity index (χ0) is 22.5. The van der Waals surface area contributed by atoms with Crippen molar-refractivity contribution in [3.8, 4) is 0 Å². The number of ether oxygens (including phenoxy) is 1. The number of hydrogen-bond acceptors (Lipinski definition) is 5. The Labute approximate surface area is 181 Å². The molecule has 31 heavy (non-hydrogen) atoms. The quantitative estimate of drug-likeness (QED) is 0.546. The van der Waals surface area contributed by atoms with Gasteiger partial charge in [-0.05, 0) is 38.5 Å². The van der Waals surface area contributed by atoms with Gasteiger partial charge in [0, 0.05) is 18.5 Å². The van der Waals surface area contributed by atoms with Gasteiger partial charge in [-0.3, -0.25) is 19.2 Å². The van der Waals surface area contributed by atoms with Crippen molar-refractivity contribution < 1.29 is 23.9 Å². The molecule has 2 aromatic rings. The highest BCUT2D eigenvalue weighted by atomic mass is 16.5. The molecule has 0 radical (unpaired) electrons. The molecule has 1 aliphatic heterocycles. The maximum absolute atomic E-state index is 12.6. The van der Waals surface area contributed by atoms with Crippen LogP contribution in [0.4, 0.5) is 5.69 Å². The highest BCUT2D eigenvalue weighted by Gasteiger charge is 2.38. The molecule has 3 atom stereocenters. The van der Waals surface area contributed by atoms with Crippen LogP contribution in [-0.2, 0) is 19.1 Å².